The molecule has 0 atom stereocenters. The summed E-state index contributed by atoms with van der Waals surface area (Å²) >= 11 is 4.93. The van der Waals surface area contributed by atoms with E-state index in [9.17, 15) is 0 Å². The molecule has 0 bridgehead atoms. The first kappa shape index (κ1) is 13.8. The molecule has 0 aromatic carbocycles. The van der Waals surface area contributed by atoms with Crippen LogP contribution in [0.5, 0.6) is 0 Å². The van der Waals surface area contributed by atoms with Gasteiger partial charge in [-0.25, -0.2) is 9.97 Å². The topological polar surface area (TPSA) is 67.1 Å². The Labute approximate surface area is 107 Å². The monoisotopic (exact) mass is 253 g/mol. The van der Waals surface area contributed by atoms with Gasteiger partial charge in [0.15, 0.2) is 5.82 Å². The number of anilines is 1. The van der Waals surface area contributed by atoms with Crippen molar-refractivity contribution in [2.75, 3.05) is 26.0 Å². The fourth-order valence-electron chi connectivity index (χ4n) is 1.11. The summed E-state index contributed by atoms with van der Waals surface area (Å²) in [6.07, 6.45) is 3.20. The normalized spacial score (nSPS) is 11.6. The van der Waals surface area contributed by atoms with Crippen molar-refractivity contribution in [2.24, 2.45) is 5.73 Å². The molecule has 0 aliphatic carbocycles. The summed E-state index contributed by atoms with van der Waals surface area (Å²) in [7, 11) is 4.07. The van der Waals surface area contributed by atoms with Crippen molar-refractivity contribution in [1.82, 2.24) is 14.9 Å². The maximum Gasteiger partial charge on any atom is 0.155 e. The average molecular weight is 253 g/mol. The summed E-state index contributed by atoms with van der Waals surface area (Å²) in [5, 5.41) is 3.23. The van der Waals surface area contributed by atoms with Crippen molar-refractivity contribution in [3.8, 4) is 0 Å². The van der Waals surface area contributed by atoms with Gasteiger partial charge < -0.3 is 16.0 Å². The van der Waals surface area contributed by atoms with Gasteiger partial charge in [0.05, 0.1) is 0 Å². The van der Waals surface area contributed by atoms with E-state index in [-0.39, 0.29) is 10.5 Å². The van der Waals surface area contributed by atoms with Crippen LogP contribution in [0.2, 0.25) is 0 Å². The highest BCUT2D eigenvalue weighted by Gasteiger charge is 2.21. The minimum atomic E-state index is 0.00497. The van der Waals surface area contributed by atoms with E-state index in [4.69, 9.17) is 18.0 Å². The summed E-state index contributed by atoms with van der Waals surface area (Å²) < 4.78 is 0. The van der Waals surface area contributed by atoms with E-state index in [1.807, 2.05) is 14.1 Å². The van der Waals surface area contributed by atoms with Crippen LogP contribution < -0.4 is 11.1 Å². The zero-order valence-corrected chi connectivity index (χ0v) is 11.5. The van der Waals surface area contributed by atoms with Crippen LogP contribution in [-0.2, 0) is 0 Å². The Hall–Kier alpha value is -1.27. The zero-order valence-electron chi connectivity index (χ0n) is 10.7. The molecule has 1 heterocycles. The van der Waals surface area contributed by atoms with Crippen molar-refractivity contribution in [3.05, 3.63) is 18.1 Å². The van der Waals surface area contributed by atoms with Crippen LogP contribution in [0.15, 0.2) is 12.4 Å². The first-order valence-corrected chi connectivity index (χ1v) is 5.77. The van der Waals surface area contributed by atoms with Crippen LogP contribution in [-0.4, -0.2) is 46.0 Å². The maximum atomic E-state index is 5.59. The Morgan fingerprint density at radius 3 is 2.53 bits per heavy atom. The Kier molecular flexibility index (Phi) is 4.36. The van der Waals surface area contributed by atoms with Gasteiger partial charge in [-0.1, -0.05) is 12.2 Å². The summed E-state index contributed by atoms with van der Waals surface area (Å²) in [5.74, 6) is 0.634. The Bertz CT molecular complexity index is 403. The highest BCUT2D eigenvalue weighted by molar-refractivity contribution is 7.80. The first-order valence-electron chi connectivity index (χ1n) is 5.36. The van der Waals surface area contributed by atoms with Crippen LogP contribution in [0, 0.1) is 0 Å². The van der Waals surface area contributed by atoms with Gasteiger partial charge in [-0.3, -0.25) is 0 Å². The molecule has 1 rings (SSSR count). The maximum absolute atomic E-state index is 5.59. The quantitative estimate of drug-likeness (QED) is 0.759. The molecule has 17 heavy (non-hydrogen) atoms. The van der Waals surface area contributed by atoms with Gasteiger partial charge in [-0.05, 0) is 27.9 Å². The summed E-state index contributed by atoms with van der Waals surface area (Å²) in [6.45, 7) is 5.00. The third-order valence-electron chi connectivity index (χ3n) is 2.83. The van der Waals surface area contributed by atoms with Gasteiger partial charge in [0.25, 0.3) is 0 Å². The number of nitrogens with two attached hydrogens (primary N) is 1. The van der Waals surface area contributed by atoms with Gasteiger partial charge in [0.1, 0.15) is 10.7 Å². The Balaban J connectivity index is 2.79. The number of hydrogen-bond donors (Lipinski definition) is 2. The molecule has 6 heteroatoms. The lowest BCUT2D eigenvalue weighted by Crippen LogP contribution is -2.44. The molecule has 0 fully saturated rings. The molecule has 3 N–H and O–H groups in total. The van der Waals surface area contributed by atoms with Crippen molar-refractivity contribution in [2.45, 2.75) is 19.4 Å². The fourth-order valence-corrected chi connectivity index (χ4v) is 1.26. The third kappa shape index (κ3) is 3.61. The van der Waals surface area contributed by atoms with Crippen molar-refractivity contribution >= 4 is 23.0 Å². The largest absolute Gasteiger partial charge is 0.388 e. The molecular formula is C11H19N5S. The number of rotatable bonds is 5. The van der Waals surface area contributed by atoms with Crippen LogP contribution in [0.3, 0.4) is 0 Å². The van der Waals surface area contributed by atoms with Crippen molar-refractivity contribution in [3.63, 3.8) is 0 Å². The highest BCUT2D eigenvalue weighted by atomic mass is 32.1. The minimum absolute atomic E-state index is 0.00497. The van der Waals surface area contributed by atoms with Crippen LogP contribution in [0.1, 0.15) is 19.5 Å². The molecule has 0 saturated carbocycles. The van der Waals surface area contributed by atoms with E-state index in [1.165, 1.54) is 0 Å². The smallest absolute Gasteiger partial charge is 0.155 e. The predicted molar refractivity (Wildman–Crippen MR) is 74.2 cm³/mol. The molecule has 0 unspecified atom stereocenters. The van der Waals surface area contributed by atoms with Gasteiger partial charge in [0, 0.05) is 24.5 Å². The summed E-state index contributed by atoms with van der Waals surface area (Å²) in [6, 6.07) is 0. The molecule has 0 aliphatic heterocycles. The predicted octanol–water partition coefficient (Wildman–Crippen LogP) is 0.863. The van der Waals surface area contributed by atoms with Crippen LogP contribution in [0.4, 0.5) is 5.82 Å². The standard InChI is InChI=1S/C11H19N5S/c1-11(2,16(3)4)7-15-10-8(9(12)17)13-5-6-14-10/h5-6H,7H2,1-4H3,(H2,12,17)(H,14,15). The van der Waals surface area contributed by atoms with E-state index in [2.05, 4.69) is 34.0 Å². The van der Waals surface area contributed by atoms with E-state index >= 15 is 0 Å². The average Bonchev–Trinajstić information content (AvgIpc) is 2.26. The molecule has 0 saturated heterocycles. The van der Waals surface area contributed by atoms with Crippen molar-refractivity contribution < 1.29 is 0 Å². The Morgan fingerprint density at radius 1 is 1.41 bits per heavy atom. The van der Waals surface area contributed by atoms with Gasteiger partial charge in [-0.15, -0.1) is 0 Å². The second-order valence-corrected chi connectivity index (χ2v) is 5.12. The van der Waals surface area contributed by atoms with E-state index in [1.54, 1.807) is 12.4 Å². The first-order chi connectivity index (χ1) is 7.84. The molecule has 0 aliphatic rings. The second-order valence-electron chi connectivity index (χ2n) is 4.68. The molecule has 1 aromatic rings. The molecule has 0 radical (unpaired) electrons. The highest BCUT2D eigenvalue weighted by Crippen LogP contribution is 2.13. The van der Waals surface area contributed by atoms with E-state index in [0.29, 0.717) is 11.5 Å². The van der Waals surface area contributed by atoms with Gasteiger partial charge in [0.2, 0.25) is 0 Å². The number of nitrogens with one attached hydrogen (secondary N) is 1. The van der Waals surface area contributed by atoms with Crippen LogP contribution >= 0.6 is 12.2 Å². The molecule has 0 spiro atoms. The second kappa shape index (κ2) is 5.37. The van der Waals surface area contributed by atoms with Crippen molar-refractivity contribution in [1.29, 1.82) is 0 Å². The summed E-state index contributed by atoms with van der Waals surface area (Å²) in [4.78, 5) is 10.7. The molecule has 94 valence electrons. The van der Waals surface area contributed by atoms with Gasteiger partial charge in [-0.2, -0.15) is 0 Å². The lowest BCUT2D eigenvalue weighted by atomic mass is 10.0. The van der Waals surface area contributed by atoms with Crippen LogP contribution in [0.25, 0.3) is 0 Å². The lowest BCUT2D eigenvalue weighted by Gasteiger charge is -2.32. The Morgan fingerprint density at radius 2 is 2.00 bits per heavy atom. The minimum Gasteiger partial charge on any atom is -0.388 e. The number of likely N-dealkylation sites (N-methyl/N-ethyl adjacent to an activating group) is 1. The van der Waals surface area contributed by atoms with E-state index < -0.39 is 0 Å². The molecule has 1 aromatic heterocycles. The molecular weight excluding hydrogens is 234 g/mol. The van der Waals surface area contributed by atoms with E-state index in [0.717, 1.165) is 6.54 Å². The number of nitrogens with zero attached hydrogens (tertiary/aromatic N) is 3. The SMILES string of the molecule is CN(C)C(C)(C)CNc1nccnc1C(N)=S. The number of thiocarbonyl (C=S) groups is 1. The van der Waals surface area contributed by atoms with Gasteiger partial charge >= 0.3 is 0 Å². The molecule has 5 nitrogen and oxygen atoms in total. The lowest BCUT2D eigenvalue weighted by molar-refractivity contribution is 0.210. The zero-order chi connectivity index (χ0) is 13.1. The fraction of sp³-hybridized carbons (Fsp3) is 0.545. The summed E-state index contributed by atoms with van der Waals surface area (Å²) in [5.41, 5.74) is 6.14. The third-order valence-corrected chi connectivity index (χ3v) is 3.02. The molecule has 0 amide bonds. The number of hydrogen-bond acceptors (Lipinski definition) is 5. The number of aromatic nitrogens is 2.